The van der Waals surface area contributed by atoms with Crippen LogP contribution in [0.25, 0.3) is 0 Å². The molecule has 2 rings (SSSR count). The Balaban J connectivity index is 1.94. The highest BCUT2D eigenvalue weighted by Crippen LogP contribution is 2.26. The molecule has 6 heteroatoms. The van der Waals surface area contributed by atoms with Gasteiger partial charge in [0.15, 0.2) is 6.61 Å². The molecule has 2 aromatic carbocycles. The first-order valence-corrected chi connectivity index (χ1v) is 7.23. The Morgan fingerprint density at radius 3 is 2.52 bits per heavy atom. The van der Waals surface area contributed by atoms with Crippen LogP contribution in [0.5, 0.6) is 5.75 Å². The third-order valence-electron chi connectivity index (χ3n) is 2.72. The predicted molar refractivity (Wildman–Crippen MR) is 86.8 cm³/mol. The lowest BCUT2D eigenvalue weighted by Gasteiger charge is -2.10. The molecule has 0 bridgehead atoms. The molecule has 0 atom stereocenters. The number of benzene rings is 2. The molecule has 3 nitrogen and oxygen atoms in total. The van der Waals surface area contributed by atoms with Crippen LogP contribution in [0.15, 0.2) is 36.4 Å². The van der Waals surface area contributed by atoms with Crippen LogP contribution < -0.4 is 10.1 Å². The van der Waals surface area contributed by atoms with Crippen LogP contribution >= 0.6 is 34.8 Å². The first-order chi connectivity index (χ1) is 9.95. The van der Waals surface area contributed by atoms with Gasteiger partial charge in [-0.25, -0.2) is 0 Å². The van der Waals surface area contributed by atoms with Gasteiger partial charge in [0.1, 0.15) is 5.75 Å². The van der Waals surface area contributed by atoms with Gasteiger partial charge in [-0.3, -0.25) is 4.79 Å². The number of carbonyl (C=O) groups is 1. The molecule has 0 aliphatic rings. The van der Waals surface area contributed by atoms with E-state index in [9.17, 15) is 4.79 Å². The molecule has 0 radical (unpaired) electrons. The SMILES string of the molecule is Cc1cc(Cl)ccc1NC(=O)COc1ccc(Cl)c(Cl)c1. The third-order valence-corrected chi connectivity index (χ3v) is 3.70. The second kappa shape index (κ2) is 7.03. The summed E-state index contributed by atoms with van der Waals surface area (Å²) in [5, 5.41) is 4.19. The molecule has 0 aliphatic carbocycles. The van der Waals surface area contributed by atoms with Gasteiger partial charge in [0.05, 0.1) is 10.0 Å². The number of nitrogens with one attached hydrogen (secondary N) is 1. The molecule has 21 heavy (non-hydrogen) atoms. The number of halogens is 3. The quantitative estimate of drug-likeness (QED) is 0.850. The molecule has 0 fully saturated rings. The predicted octanol–water partition coefficient (Wildman–Crippen LogP) is 4.97. The van der Waals surface area contributed by atoms with Crippen LogP contribution in [0.3, 0.4) is 0 Å². The molecular formula is C15H12Cl3NO2. The van der Waals surface area contributed by atoms with Crippen molar-refractivity contribution >= 4 is 46.4 Å². The zero-order chi connectivity index (χ0) is 15.4. The number of amides is 1. The Labute approximate surface area is 137 Å². The average Bonchev–Trinajstić information content (AvgIpc) is 2.43. The van der Waals surface area contributed by atoms with Gasteiger partial charge < -0.3 is 10.1 Å². The normalized spacial score (nSPS) is 10.3. The Kier molecular flexibility index (Phi) is 5.34. The van der Waals surface area contributed by atoms with Crippen molar-refractivity contribution in [3.8, 4) is 5.75 Å². The van der Waals surface area contributed by atoms with Crippen molar-refractivity contribution in [1.29, 1.82) is 0 Å². The number of rotatable bonds is 4. The van der Waals surface area contributed by atoms with Crippen LogP contribution in [0.2, 0.25) is 15.1 Å². The van der Waals surface area contributed by atoms with Gasteiger partial charge >= 0.3 is 0 Å². The zero-order valence-electron chi connectivity index (χ0n) is 11.1. The van der Waals surface area contributed by atoms with E-state index in [0.717, 1.165) is 5.56 Å². The van der Waals surface area contributed by atoms with Gasteiger partial charge in [-0.15, -0.1) is 0 Å². The van der Waals surface area contributed by atoms with Crippen LogP contribution in [-0.2, 0) is 4.79 Å². The first kappa shape index (κ1) is 16.0. The van der Waals surface area contributed by atoms with Crippen LogP contribution in [-0.4, -0.2) is 12.5 Å². The Hall–Kier alpha value is -1.42. The summed E-state index contributed by atoms with van der Waals surface area (Å²) in [4.78, 5) is 11.8. The van der Waals surface area contributed by atoms with Crippen molar-refractivity contribution in [2.24, 2.45) is 0 Å². The fourth-order valence-corrected chi connectivity index (χ4v) is 2.18. The van der Waals surface area contributed by atoms with E-state index in [1.54, 1.807) is 36.4 Å². The minimum absolute atomic E-state index is 0.125. The number of anilines is 1. The molecule has 2 aromatic rings. The van der Waals surface area contributed by atoms with Crippen molar-refractivity contribution in [3.05, 3.63) is 57.0 Å². The van der Waals surface area contributed by atoms with Crippen molar-refractivity contribution in [3.63, 3.8) is 0 Å². The van der Waals surface area contributed by atoms with Gasteiger partial charge in [0.25, 0.3) is 5.91 Å². The Morgan fingerprint density at radius 2 is 1.86 bits per heavy atom. The molecule has 0 saturated heterocycles. The molecular weight excluding hydrogens is 333 g/mol. The highest BCUT2D eigenvalue weighted by atomic mass is 35.5. The molecule has 1 N–H and O–H groups in total. The monoisotopic (exact) mass is 343 g/mol. The maximum absolute atomic E-state index is 11.8. The van der Waals surface area contributed by atoms with E-state index >= 15 is 0 Å². The molecule has 1 amide bonds. The smallest absolute Gasteiger partial charge is 0.262 e. The summed E-state index contributed by atoms with van der Waals surface area (Å²) in [6, 6.07) is 10.1. The van der Waals surface area contributed by atoms with Crippen molar-refractivity contribution in [2.75, 3.05) is 11.9 Å². The minimum Gasteiger partial charge on any atom is -0.484 e. The third kappa shape index (κ3) is 4.53. The number of hydrogen-bond acceptors (Lipinski definition) is 2. The molecule has 0 aromatic heterocycles. The number of ether oxygens (including phenoxy) is 1. The van der Waals surface area contributed by atoms with Gasteiger partial charge in [-0.2, -0.15) is 0 Å². The first-order valence-electron chi connectivity index (χ1n) is 6.09. The lowest BCUT2D eigenvalue weighted by molar-refractivity contribution is -0.118. The maximum Gasteiger partial charge on any atom is 0.262 e. The maximum atomic E-state index is 11.8. The number of hydrogen-bond donors (Lipinski definition) is 1. The molecule has 0 heterocycles. The fourth-order valence-electron chi connectivity index (χ4n) is 1.67. The van der Waals surface area contributed by atoms with Gasteiger partial charge in [-0.05, 0) is 42.8 Å². The number of aryl methyl sites for hydroxylation is 1. The van der Waals surface area contributed by atoms with E-state index in [-0.39, 0.29) is 12.5 Å². The highest BCUT2D eigenvalue weighted by molar-refractivity contribution is 6.42. The number of carbonyl (C=O) groups excluding carboxylic acids is 1. The molecule has 110 valence electrons. The van der Waals surface area contributed by atoms with Gasteiger partial charge in [-0.1, -0.05) is 34.8 Å². The fraction of sp³-hybridized carbons (Fsp3) is 0.133. The lowest BCUT2D eigenvalue weighted by Crippen LogP contribution is -2.20. The van der Waals surface area contributed by atoms with Crippen molar-refractivity contribution in [1.82, 2.24) is 0 Å². The summed E-state index contributed by atoms with van der Waals surface area (Å²) >= 11 is 17.5. The van der Waals surface area contributed by atoms with Crippen LogP contribution in [0.4, 0.5) is 5.69 Å². The van der Waals surface area contributed by atoms with Crippen molar-refractivity contribution in [2.45, 2.75) is 6.92 Å². The van der Waals surface area contributed by atoms with E-state index in [0.29, 0.717) is 26.5 Å². The largest absolute Gasteiger partial charge is 0.484 e. The molecule has 0 unspecified atom stereocenters. The van der Waals surface area contributed by atoms with Crippen LogP contribution in [0.1, 0.15) is 5.56 Å². The average molecular weight is 345 g/mol. The molecule has 0 aliphatic heterocycles. The second-order valence-corrected chi connectivity index (χ2v) is 5.62. The second-order valence-electron chi connectivity index (χ2n) is 4.37. The van der Waals surface area contributed by atoms with Crippen LogP contribution in [0, 0.1) is 6.92 Å². The molecule has 0 saturated carbocycles. The van der Waals surface area contributed by atoms with E-state index in [2.05, 4.69) is 5.32 Å². The topological polar surface area (TPSA) is 38.3 Å². The zero-order valence-corrected chi connectivity index (χ0v) is 13.4. The standard InChI is InChI=1S/C15H12Cl3NO2/c1-9-6-10(16)2-5-14(9)19-15(20)8-21-11-3-4-12(17)13(18)7-11/h2-7H,8H2,1H3,(H,19,20). The highest BCUT2D eigenvalue weighted by Gasteiger charge is 2.07. The Morgan fingerprint density at radius 1 is 1.10 bits per heavy atom. The summed E-state index contributed by atoms with van der Waals surface area (Å²) in [6.07, 6.45) is 0. The Bertz CT molecular complexity index is 674. The summed E-state index contributed by atoms with van der Waals surface area (Å²) in [5.41, 5.74) is 1.58. The van der Waals surface area contributed by atoms with Gasteiger partial charge in [0.2, 0.25) is 0 Å². The van der Waals surface area contributed by atoms with E-state index in [1.807, 2.05) is 6.92 Å². The van der Waals surface area contributed by atoms with E-state index in [4.69, 9.17) is 39.5 Å². The van der Waals surface area contributed by atoms with Crippen molar-refractivity contribution < 1.29 is 9.53 Å². The lowest BCUT2D eigenvalue weighted by atomic mass is 10.2. The minimum atomic E-state index is -0.272. The van der Waals surface area contributed by atoms with E-state index < -0.39 is 0 Å². The summed E-state index contributed by atoms with van der Waals surface area (Å²) in [5.74, 6) is 0.207. The van der Waals surface area contributed by atoms with Gasteiger partial charge in [0, 0.05) is 16.8 Å². The summed E-state index contributed by atoms with van der Waals surface area (Å²) < 4.78 is 5.36. The molecule has 0 spiro atoms. The summed E-state index contributed by atoms with van der Waals surface area (Å²) in [7, 11) is 0. The van der Waals surface area contributed by atoms with E-state index in [1.165, 1.54) is 0 Å². The summed E-state index contributed by atoms with van der Waals surface area (Å²) in [6.45, 7) is 1.74.